The molecule has 0 spiro atoms. The SMILES string of the molecule is O=NOCCC(O)I. The second-order valence-electron chi connectivity index (χ2n) is 1.13. The number of halogens is 1. The first-order valence-corrected chi connectivity index (χ1v) is 3.28. The maximum Gasteiger partial charge on any atom is 0.155 e. The van der Waals surface area contributed by atoms with Crippen LogP contribution in [0.25, 0.3) is 0 Å². The van der Waals surface area contributed by atoms with Crippen molar-refractivity contribution >= 4 is 22.6 Å². The predicted molar refractivity (Wildman–Crippen MR) is 36.4 cm³/mol. The van der Waals surface area contributed by atoms with Gasteiger partial charge in [-0.05, 0) is 0 Å². The van der Waals surface area contributed by atoms with Crippen molar-refractivity contribution in [3.05, 3.63) is 4.91 Å². The van der Waals surface area contributed by atoms with E-state index in [9.17, 15) is 4.91 Å². The second kappa shape index (κ2) is 5.23. The number of hydrogen-bond acceptors (Lipinski definition) is 4. The molecule has 5 heteroatoms. The van der Waals surface area contributed by atoms with Crippen LogP contribution in [-0.2, 0) is 4.84 Å². The number of aliphatic hydroxyl groups excluding tert-OH is 1. The molecule has 48 valence electrons. The van der Waals surface area contributed by atoms with Crippen molar-refractivity contribution in [1.82, 2.24) is 0 Å². The van der Waals surface area contributed by atoms with Crippen molar-refractivity contribution < 1.29 is 9.94 Å². The highest BCUT2D eigenvalue weighted by Gasteiger charge is 1.95. The van der Waals surface area contributed by atoms with Gasteiger partial charge in [0.05, 0.1) is 0 Å². The third-order valence-corrected chi connectivity index (χ3v) is 1.12. The summed E-state index contributed by atoms with van der Waals surface area (Å²) in [6.07, 6.45) is 0.437. The zero-order chi connectivity index (χ0) is 6.41. The van der Waals surface area contributed by atoms with Gasteiger partial charge < -0.3 is 9.94 Å². The van der Waals surface area contributed by atoms with Crippen LogP contribution in [0.1, 0.15) is 6.42 Å². The summed E-state index contributed by atoms with van der Waals surface area (Å²) in [6, 6.07) is 0. The molecule has 0 aliphatic rings. The molecular formula is C3H6INO3. The molecule has 4 nitrogen and oxygen atoms in total. The van der Waals surface area contributed by atoms with Gasteiger partial charge in [-0.25, -0.2) is 0 Å². The van der Waals surface area contributed by atoms with E-state index in [4.69, 9.17) is 5.11 Å². The Bertz CT molecular complexity index is 67.5. The Morgan fingerprint density at radius 2 is 2.50 bits per heavy atom. The van der Waals surface area contributed by atoms with Gasteiger partial charge in [0, 0.05) is 6.42 Å². The Morgan fingerprint density at radius 1 is 1.88 bits per heavy atom. The van der Waals surface area contributed by atoms with E-state index < -0.39 is 4.11 Å². The Kier molecular flexibility index (Phi) is 5.29. The number of aliphatic hydroxyl groups is 1. The van der Waals surface area contributed by atoms with Gasteiger partial charge in [0.15, 0.2) is 5.34 Å². The molecule has 1 atom stereocenters. The van der Waals surface area contributed by atoms with Gasteiger partial charge in [-0.1, -0.05) is 22.6 Å². The van der Waals surface area contributed by atoms with E-state index >= 15 is 0 Å². The summed E-state index contributed by atoms with van der Waals surface area (Å²) < 4.78 is -0.450. The lowest BCUT2D eigenvalue weighted by molar-refractivity contribution is 0.116. The van der Waals surface area contributed by atoms with Crippen molar-refractivity contribution in [3.8, 4) is 0 Å². The van der Waals surface area contributed by atoms with Crippen LogP contribution in [0.2, 0.25) is 0 Å². The minimum absolute atomic E-state index is 0.188. The molecule has 1 N–H and O–H groups in total. The average Bonchev–Trinajstić information content (AvgIpc) is 1.66. The fraction of sp³-hybridized carbons (Fsp3) is 1.00. The molecule has 0 saturated carbocycles. The summed E-state index contributed by atoms with van der Waals surface area (Å²) in [5.74, 6) is 0. The molecule has 0 amide bonds. The molecular weight excluding hydrogens is 225 g/mol. The summed E-state index contributed by atoms with van der Waals surface area (Å²) in [5, 5.41) is 10.7. The molecule has 0 aliphatic carbocycles. The van der Waals surface area contributed by atoms with Crippen LogP contribution in [0.15, 0.2) is 5.34 Å². The van der Waals surface area contributed by atoms with Crippen molar-refractivity contribution in [3.63, 3.8) is 0 Å². The van der Waals surface area contributed by atoms with Gasteiger partial charge in [-0.3, -0.25) is 0 Å². The average molecular weight is 231 g/mol. The summed E-state index contributed by atoms with van der Waals surface area (Å²) in [7, 11) is 0. The van der Waals surface area contributed by atoms with Gasteiger partial charge in [0.1, 0.15) is 10.7 Å². The summed E-state index contributed by atoms with van der Waals surface area (Å²) in [6.45, 7) is 0.188. The highest BCUT2D eigenvalue weighted by molar-refractivity contribution is 14.1. The quantitative estimate of drug-likeness (QED) is 0.256. The lowest BCUT2D eigenvalue weighted by Gasteiger charge is -1.96. The van der Waals surface area contributed by atoms with E-state index in [0.717, 1.165) is 0 Å². The monoisotopic (exact) mass is 231 g/mol. The van der Waals surface area contributed by atoms with E-state index in [1.807, 2.05) is 22.6 Å². The number of alkyl halides is 1. The predicted octanol–water partition coefficient (Wildman–Crippen LogP) is 0.828. The fourth-order valence-electron chi connectivity index (χ4n) is 0.187. The zero-order valence-corrected chi connectivity index (χ0v) is 6.24. The van der Waals surface area contributed by atoms with Crippen LogP contribution in [-0.4, -0.2) is 15.8 Å². The van der Waals surface area contributed by atoms with Crippen molar-refractivity contribution in [1.29, 1.82) is 0 Å². The molecule has 0 saturated heterocycles. The van der Waals surface area contributed by atoms with E-state index in [1.165, 1.54) is 0 Å². The van der Waals surface area contributed by atoms with Crippen LogP contribution in [0, 0.1) is 4.91 Å². The van der Waals surface area contributed by atoms with Gasteiger partial charge >= 0.3 is 0 Å². The van der Waals surface area contributed by atoms with Crippen LogP contribution < -0.4 is 0 Å². The van der Waals surface area contributed by atoms with Gasteiger partial charge in [0.2, 0.25) is 0 Å². The highest BCUT2D eigenvalue weighted by Crippen LogP contribution is 1.99. The lowest BCUT2D eigenvalue weighted by atomic mass is 10.5. The Morgan fingerprint density at radius 3 is 2.88 bits per heavy atom. The number of rotatable bonds is 4. The van der Waals surface area contributed by atoms with Crippen LogP contribution in [0.3, 0.4) is 0 Å². The lowest BCUT2D eigenvalue weighted by Crippen LogP contribution is -1.98. The Hall–Kier alpha value is 0.0900. The molecule has 0 aromatic carbocycles. The maximum absolute atomic E-state index is 9.23. The van der Waals surface area contributed by atoms with Gasteiger partial charge in [-0.2, -0.15) is 0 Å². The molecule has 0 aromatic heterocycles. The van der Waals surface area contributed by atoms with E-state index in [2.05, 4.69) is 10.2 Å². The number of hydrogen-bond donors (Lipinski definition) is 1. The normalized spacial score (nSPS) is 12.8. The van der Waals surface area contributed by atoms with Crippen LogP contribution >= 0.6 is 22.6 Å². The summed E-state index contributed by atoms with van der Waals surface area (Å²) in [4.78, 5) is 13.3. The van der Waals surface area contributed by atoms with Gasteiger partial charge in [-0.15, -0.1) is 4.91 Å². The van der Waals surface area contributed by atoms with E-state index in [-0.39, 0.29) is 6.61 Å². The first-order chi connectivity index (χ1) is 3.77. The molecule has 0 heterocycles. The summed E-state index contributed by atoms with van der Waals surface area (Å²) >= 11 is 1.81. The molecule has 0 fully saturated rings. The van der Waals surface area contributed by atoms with Crippen LogP contribution in [0.5, 0.6) is 0 Å². The molecule has 0 rings (SSSR count). The largest absolute Gasteiger partial charge is 0.383 e. The van der Waals surface area contributed by atoms with Crippen LogP contribution in [0.4, 0.5) is 0 Å². The molecule has 1 unspecified atom stereocenters. The second-order valence-corrected chi connectivity index (χ2v) is 2.57. The number of nitrogens with zero attached hydrogens (tertiary/aromatic N) is 1. The Balaban J connectivity index is 2.81. The Labute approximate surface area is 60.3 Å². The molecule has 8 heavy (non-hydrogen) atoms. The van der Waals surface area contributed by atoms with Crippen molar-refractivity contribution in [2.24, 2.45) is 5.34 Å². The van der Waals surface area contributed by atoms with Gasteiger partial charge in [0.25, 0.3) is 0 Å². The molecule has 0 radical (unpaired) electrons. The smallest absolute Gasteiger partial charge is 0.155 e. The standard InChI is InChI=1S/C3H6INO3/c4-3(6)1-2-8-5-7/h3,6H,1-2H2. The maximum atomic E-state index is 9.23. The highest BCUT2D eigenvalue weighted by atomic mass is 127. The third kappa shape index (κ3) is 6.09. The first-order valence-electron chi connectivity index (χ1n) is 2.04. The third-order valence-electron chi connectivity index (χ3n) is 0.500. The zero-order valence-electron chi connectivity index (χ0n) is 4.08. The molecule has 0 bridgehead atoms. The van der Waals surface area contributed by atoms with E-state index in [1.54, 1.807) is 0 Å². The first kappa shape index (κ1) is 8.09. The molecule has 0 aliphatic heterocycles. The van der Waals surface area contributed by atoms with E-state index in [0.29, 0.717) is 6.42 Å². The van der Waals surface area contributed by atoms with Crippen molar-refractivity contribution in [2.75, 3.05) is 6.61 Å². The topological polar surface area (TPSA) is 58.9 Å². The minimum Gasteiger partial charge on any atom is -0.383 e. The molecule has 0 aromatic rings. The summed E-state index contributed by atoms with van der Waals surface area (Å²) in [5.41, 5.74) is 0. The fourth-order valence-corrected chi connectivity index (χ4v) is 0.441. The van der Waals surface area contributed by atoms with Crippen molar-refractivity contribution in [2.45, 2.75) is 10.5 Å². The minimum atomic E-state index is -0.450.